The largest absolute Gasteiger partial charge is 0.447 e. The summed E-state index contributed by atoms with van der Waals surface area (Å²) < 4.78 is 21.7. The second-order valence-corrected chi connectivity index (χ2v) is 10.4. The summed E-state index contributed by atoms with van der Waals surface area (Å²) in [5.41, 5.74) is 0.0785. The van der Waals surface area contributed by atoms with E-state index >= 15 is 0 Å². The lowest BCUT2D eigenvalue weighted by atomic mass is 10.1. The molecule has 2 amide bonds. The zero-order valence-electron chi connectivity index (χ0n) is 24.3. The van der Waals surface area contributed by atoms with Crippen LogP contribution in [0, 0.1) is 0 Å². The number of anilines is 1. The fourth-order valence-electron chi connectivity index (χ4n) is 3.78. The minimum Gasteiger partial charge on any atom is -0.447 e. The van der Waals surface area contributed by atoms with Crippen molar-refractivity contribution in [3.05, 3.63) is 30.3 Å². The van der Waals surface area contributed by atoms with E-state index in [9.17, 15) is 9.59 Å². The molecule has 8 heteroatoms. The third kappa shape index (κ3) is 18.9. The van der Waals surface area contributed by atoms with Crippen molar-refractivity contribution in [1.82, 2.24) is 5.32 Å². The van der Waals surface area contributed by atoms with Gasteiger partial charge in [0.1, 0.15) is 12.2 Å². The number of ether oxygens (including phenoxy) is 4. The first-order valence-corrected chi connectivity index (χ1v) is 14.4. The monoisotopic (exact) mass is 536 g/mol. The predicted molar refractivity (Wildman–Crippen MR) is 153 cm³/mol. The Morgan fingerprint density at radius 1 is 0.763 bits per heavy atom. The van der Waals surface area contributed by atoms with Gasteiger partial charge >= 0.3 is 12.2 Å². The van der Waals surface area contributed by atoms with Crippen LogP contribution in [0.5, 0.6) is 0 Å². The lowest BCUT2D eigenvalue weighted by Gasteiger charge is -2.27. The maximum atomic E-state index is 12.6. The van der Waals surface area contributed by atoms with Gasteiger partial charge in [-0.05, 0) is 39.3 Å². The number of amides is 2. The van der Waals surface area contributed by atoms with Crippen molar-refractivity contribution in [3.8, 4) is 0 Å². The van der Waals surface area contributed by atoms with Gasteiger partial charge in [-0.3, -0.25) is 4.90 Å². The van der Waals surface area contributed by atoms with Gasteiger partial charge in [0.25, 0.3) is 0 Å². The second kappa shape index (κ2) is 21.6. The lowest BCUT2D eigenvalue weighted by molar-refractivity contribution is 0.0272. The van der Waals surface area contributed by atoms with E-state index in [0.29, 0.717) is 25.5 Å². The maximum Gasteiger partial charge on any atom is 0.414 e. The molecule has 0 aromatic heterocycles. The molecule has 1 aromatic rings. The first-order valence-electron chi connectivity index (χ1n) is 14.4. The van der Waals surface area contributed by atoms with Crippen LogP contribution in [0.4, 0.5) is 15.3 Å². The number of carbonyl (C=O) groups excluding carboxylic acids is 2. The molecule has 1 N–H and O–H groups in total. The fraction of sp³-hybridized carbons (Fsp3) is 0.733. The summed E-state index contributed by atoms with van der Waals surface area (Å²) >= 11 is 0. The number of para-hydroxylation sites is 1. The highest BCUT2D eigenvalue weighted by molar-refractivity contribution is 5.87. The van der Waals surface area contributed by atoms with Crippen molar-refractivity contribution in [3.63, 3.8) is 0 Å². The second-order valence-electron chi connectivity index (χ2n) is 10.4. The highest BCUT2D eigenvalue weighted by atomic mass is 16.6. The Kier molecular flexibility index (Phi) is 19.2. The summed E-state index contributed by atoms with van der Waals surface area (Å²) in [6.45, 7) is 10.4. The van der Waals surface area contributed by atoms with Crippen LogP contribution in [0.2, 0.25) is 0 Å². The van der Waals surface area contributed by atoms with Crippen molar-refractivity contribution >= 4 is 17.9 Å². The molecule has 0 saturated carbocycles. The van der Waals surface area contributed by atoms with Gasteiger partial charge in [-0.1, -0.05) is 82.9 Å². The van der Waals surface area contributed by atoms with Gasteiger partial charge in [0.05, 0.1) is 19.8 Å². The number of hydrogen-bond acceptors (Lipinski definition) is 6. The van der Waals surface area contributed by atoms with Crippen LogP contribution in [0.25, 0.3) is 0 Å². The van der Waals surface area contributed by atoms with Crippen LogP contribution in [-0.2, 0) is 18.9 Å². The van der Waals surface area contributed by atoms with Crippen molar-refractivity contribution in [2.24, 2.45) is 0 Å². The van der Waals surface area contributed by atoms with Gasteiger partial charge in [-0.2, -0.15) is 0 Å². The smallest absolute Gasteiger partial charge is 0.414 e. The molecule has 0 aliphatic heterocycles. The first kappa shape index (κ1) is 33.7. The number of rotatable bonds is 21. The Hall–Kier alpha value is -2.32. The summed E-state index contributed by atoms with van der Waals surface area (Å²) in [6, 6.07) is 9.20. The van der Waals surface area contributed by atoms with Crippen LogP contribution < -0.4 is 10.2 Å². The molecule has 0 radical (unpaired) electrons. The molecule has 0 unspecified atom stereocenters. The minimum atomic E-state index is -0.617. The van der Waals surface area contributed by atoms with E-state index in [1.807, 2.05) is 51.1 Å². The Balaban J connectivity index is 2.02. The quantitative estimate of drug-likeness (QED) is 0.169. The summed E-state index contributed by atoms with van der Waals surface area (Å²) in [6.07, 6.45) is 12.1. The maximum absolute atomic E-state index is 12.6. The van der Waals surface area contributed by atoms with Crippen molar-refractivity contribution in [1.29, 1.82) is 0 Å². The van der Waals surface area contributed by atoms with Crippen LogP contribution in [-0.4, -0.2) is 63.9 Å². The molecule has 0 atom stereocenters. The standard InChI is InChI=1S/C30H52N2O6/c1-5-6-7-8-9-10-11-12-13-17-22-35-23-24-36-25-26-37-28(33)31-20-21-32(27-18-15-14-16-19-27)29(34)38-30(2,3)4/h14-16,18-19H,5-13,17,20-26H2,1-4H3,(H,31,33). The molecule has 0 aliphatic rings. The summed E-state index contributed by atoms with van der Waals surface area (Å²) in [7, 11) is 0. The molecule has 8 nitrogen and oxygen atoms in total. The predicted octanol–water partition coefficient (Wildman–Crippen LogP) is 7.11. The zero-order chi connectivity index (χ0) is 27.9. The molecule has 0 saturated heterocycles. The van der Waals surface area contributed by atoms with E-state index in [-0.39, 0.29) is 19.7 Å². The van der Waals surface area contributed by atoms with E-state index in [1.165, 1.54) is 62.7 Å². The van der Waals surface area contributed by atoms with Gasteiger partial charge in [0.2, 0.25) is 0 Å². The number of unbranched alkanes of at least 4 members (excludes halogenated alkanes) is 9. The van der Waals surface area contributed by atoms with Gasteiger partial charge in [0.15, 0.2) is 0 Å². The van der Waals surface area contributed by atoms with Crippen molar-refractivity contribution in [2.75, 3.05) is 51.0 Å². The fourth-order valence-corrected chi connectivity index (χ4v) is 3.78. The summed E-state index contributed by atoms with van der Waals surface area (Å²) in [5, 5.41) is 2.66. The normalized spacial score (nSPS) is 11.3. The Morgan fingerprint density at radius 2 is 1.32 bits per heavy atom. The number of alkyl carbamates (subject to hydrolysis) is 1. The topological polar surface area (TPSA) is 86.3 Å². The van der Waals surface area contributed by atoms with E-state index < -0.39 is 17.8 Å². The Bertz CT molecular complexity index is 723. The third-order valence-electron chi connectivity index (χ3n) is 5.76. The molecular formula is C30H52N2O6. The number of hydrogen-bond donors (Lipinski definition) is 1. The Labute approximate surface area is 230 Å². The SMILES string of the molecule is CCCCCCCCCCCCOCCOCCOC(=O)NCCN(C(=O)OC(C)(C)C)c1ccccc1. The highest BCUT2D eigenvalue weighted by Crippen LogP contribution is 2.17. The summed E-state index contributed by atoms with van der Waals surface area (Å²) in [4.78, 5) is 26.1. The number of nitrogens with one attached hydrogen (secondary N) is 1. The van der Waals surface area contributed by atoms with E-state index in [4.69, 9.17) is 18.9 Å². The molecule has 1 aromatic carbocycles. The third-order valence-corrected chi connectivity index (χ3v) is 5.76. The molecule has 0 fully saturated rings. The van der Waals surface area contributed by atoms with Crippen LogP contribution in [0.1, 0.15) is 91.9 Å². The lowest BCUT2D eigenvalue weighted by Crippen LogP contribution is -2.41. The van der Waals surface area contributed by atoms with E-state index in [0.717, 1.165) is 13.0 Å². The molecular weight excluding hydrogens is 484 g/mol. The van der Waals surface area contributed by atoms with Gasteiger partial charge < -0.3 is 24.3 Å². The van der Waals surface area contributed by atoms with Gasteiger partial charge in [0, 0.05) is 25.4 Å². The number of benzene rings is 1. The van der Waals surface area contributed by atoms with Gasteiger partial charge in [-0.15, -0.1) is 0 Å². The average molecular weight is 537 g/mol. The van der Waals surface area contributed by atoms with Crippen molar-refractivity contribution in [2.45, 2.75) is 97.5 Å². The highest BCUT2D eigenvalue weighted by Gasteiger charge is 2.23. The zero-order valence-corrected chi connectivity index (χ0v) is 24.3. The molecule has 0 heterocycles. The van der Waals surface area contributed by atoms with E-state index in [2.05, 4.69) is 12.2 Å². The summed E-state index contributed by atoms with van der Waals surface area (Å²) in [5.74, 6) is 0. The number of nitrogens with zero attached hydrogens (tertiary/aromatic N) is 1. The molecule has 0 spiro atoms. The average Bonchev–Trinajstić information content (AvgIpc) is 2.88. The molecule has 1 rings (SSSR count). The van der Waals surface area contributed by atoms with Crippen LogP contribution in [0.3, 0.4) is 0 Å². The van der Waals surface area contributed by atoms with Crippen molar-refractivity contribution < 1.29 is 28.5 Å². The van der Waals surface area contributed by atoms with Crippen LogP contribution >= 0.6 is 0 Å². The molecule has 218 valence electrons. The molecule has 0 bridgehead atoms. The molecule has 38 heavy (non-hydrogen) atoms. The minimum absolute atomic E-state index is 0.152. The Morgan fingerprint density at radius 3 is 1.92 bits per heavy atom. The van der Waals surface area contributed by atoms with Gasteiger partial charge in [-0.25, -0.2) is 9.59 Å². The van der Waals surface area contributed by atoms with E-state index in [1.54, 1.807) is 0 Å². The molecule has 0 aliphatic carbocycles. The number of carbonyl (C=O) groups is 2. The first-order chi connectivity index (χ1) is 18.3. The van der Waals surface area contributed by atoms with Crippen LogP contribution in [0.15, 0.2) is 30.3 Å².